The molecule has 0 atom stereocenters. The van der Waals surface area contributed by atoms with Crippen molar-refractivity contribution < 1.29 is 5.11 Å². The van der Waals surface area contributed by atoms with Gasteiger partial charge in [-0.25, -0.2) is 4.98 Å². The van der Waals surface area contributed by atoms with E-state index in [2.05, 4.69) is 51.0 Å². The van der Waals surface area contributed by atoms with Gasteiger partial charge < -0.3 is 5.11 Å². The molecule has 160 valence electrons. The number of phenolic OH excluding ortho intramolecular Hbond substituents is 1. The van der Waals surface area contributed by atoms with Crippen LogP contribution in [0.1, 0.15) is 30.5 Å². The molecule has 4 rings (SSSR count). The first-order valence-corrected chi connectivity index (χ1v) is 11.2. The number of aromatic nitrogens is 1. The minimum absolute atomic E-state index is 0.227. The molecule has 2 heterocycles. The number of benzene rings is 2. The van der Waals surface area contributed by atoms with E-state index < -0.39 is 0 Å². The van der Waals surface area contributed by atoms with Gasteiger partial charge in [-0.15, -0.1) is 6.42 Å². The van der Waals surface area contributed by atoms with E-state index in [0.717, 1.165) is 30.1 Å². The van der Waals surface area contributed by atoms with Crippen molar-refractivity contribution in [2.24, 2.45) is 5.92 Å². The molecular formula is C27H31N3O. The first-order valence-electron chi connectivity index (χ1n) is 11.2. The number of nitrogens with zero attached hydrogens (tertiary/aromatic N) is 3. The van der Waals surface area contributed by atoms with Gasteiger partial charge in [0.2, 0.25) is 0 Å². The summed E-state index contributed by atoms with van der Waals surface area (Å²) in [5, 5.41) is 11.1. The van der Waals surface area contributed by atoms with Crippen molar-refractivity contribution in [2.45, 2.75) is 32.4 Å². The van der Waals surface area contributed by atoms with E-state index in [1.807, 2.05) is 24.3 Å². The maximum Gasteiger partial charge on any atom is 0.141 e. The van der Waals surface area contributed by atoms with Gasteiger partial charge in [-0.3, -0.25) is 9.80 Å². The molecule has 0 spiro atoms. The van der Waals surface area contributed by atoms with Gasteiger partial charge in [0.1, 0.15) is 11.3 Å². The van der Waals surface area contributed by atoms with Crippen molar-refractivity contribution in [1.82, 2.24) is 14.8 Å². The predicted octanol–water partition coefficient (Wildman–Crippen LogP) is 4.68. The molecular weight excluding hydrogens is 382 g/mol. The van der Waals surface area contributed by atoms with Crippen molar-refractivity contribution in [3.8, 4) is 18.1 Å². The van der Waals surface area contributed by atoms with Crippen molar-refractivity contribution >= 4 is 10.9 Å². The molecule has 2 aromatic carbocycles. The monoisotopic (exact) mass is 413 g/mol. The molecule has 31 heavy (non-hydrogen) atoms. The number of para-hydroxylation sites is 1. The number of likely N-dealkylation sites (tertiary alicyclic amines) is 1. The SMILES string of the molecule is C#CCN(CCC1CCN(Cc2ccccc2)CC1)Cc1ccc2cccc(O)c2n1. The van der Waals surface area contributed by atoms with E-state index in [9.17, 15) is 5.11 Å². The highest BCUT2D eigenvalue weighted by Crippen LogP contribution is 2.24. The molecule has 1 N–H and O–H groups in total. The smallest absolute Gasteiger partial charge is 0.141 e. The number of aromatic hydroxyl groups is 1. The van der Waals surface area contributed by atoms with Gasteiger partial charge in [0.15, 0.2) is 0 Å². The van der Waals surface area contributed by atoms with E-state index in [1.165, 1.54) is 37.9 Å². The second kappa shape index (κ2) is 10.4. The minimum atomic E-state index is 0.227. The van der Waals surface area contributed by atoms with Crippen LogP contribution in [0, 0.1) is 18.3 Å². The lowest BCUT2D eigenvalue weighted by atomic mass is 9.93. The lowest BCUT2D eigenvalue weighted by Gasteiger charge is -2.33. The van der Waals surface area contributed by atoms with Crippen LogP contribution in [0.3, 0.4) is 0 Å². The van der Waals surface area contributed by atoms with Crippen LogP contribution < -0.4 is 0 Å². The second-order valence-electron chi connectivity index (χ2n) is 8.56. The standard InChI is InChI=1S/C27H31N3O/c1-2-16-29(21-25-12-11-24-9-6-10-26(31)27(24)28-25)17-13-22-14-18-30(19-15-22)20-23-7-4-3-5-8-23/h1,3-12,22,31H,13-21H2. The summed E-state index contributed by atoms with van der Waals surface area (Å²) in [6.07, 6.45) is 9.30. The Morgan fingerprint density at radius 1 is 1.03 bits per heavy atom. The molecule has 4 nitrogen and oxygen atoms in total. The highest BCUT2D eigenvalue weighted by Gasteiger charge is 2.20. The van der Waals surface area contributed by atoms with Crippen LogP contribution in [0.25, 0.3) is 10.9 Å². The summed E-state index contributed by atoms with van der Waals surface area (Å²) in [6.45, 7) is 5.69. The lowest BCUT2D eigenvalue weighted by molar-refractivity contribution is 0.159. The Bertz CT molecular complexity index is 1020. The van der Waals surface area contributed by atoms with Crippen LogP contribution in [0.15, 0.2) is 60.7 Å². The fourth-order valence-electron chi connectivity index (χ4n) is 4.47. The van der Waals surface area contributed by atoms with E-state index in [-0.39, 0.29) is 5.75 Å². The molecule has 0 saturated carbocycles. The summed E-state index contributed by atoms with van der Waals surface area (Å²) < 4.78 is 0. The Hall–Kier alpha value is -2.87. The lowest BCUT2D eigenvalue weighted by Crippen LogP contribution is -2.35. The summed E-state index contributed by atoms with van der Waals surface area (Å²) in [5.41, 5.74) is 3.00. The van der Waals surface area contributed by atoms with Crippen molar-refractivity contribution in [1.29, 1.82) is 0 Å². The fourth-order valence-corrected chi connectivity index (χ4v) is 4.47. The molecule has 0 bridgehead atoms. The maximum atomic E-state index is 10.1. The third kappa shape index (κ3) is 5.85. The van der Waals surface area contributed by atoms with Gasteiger partial charge in [-0.1, -0.05) is 54.5 Å². The number of phenols is 1. The van der Waals surface area contributed by atoms with Crippen LogP contribution in [-0.2, 0) is 13.1 Å². The number of rotatable bonds is 8. The largest absolute Gasteiger partial charge is 0.506 e. The van der Waals surface area contributed by atoms with Crippen LogP contribution in [0.2, 0.25) is 0 Å². The average Bonchev–Trinajstić information content (AvgIpc) is 2.80. The first kappa shape index (κ1) is 21.4. The molecule has 1 fully saturated rings. The number of fused-ring (bicyclic) bond motifs is 1. The Balaban J connectivity index is 1.28. The van der Waals surface area contributed by atoms with Gasteiger partial charge in [0, 0.05) is 18.5 Å². The van der Waals surface area contributed by atoms with Crippen molar-refractivity contribution in [2.75, 3.05) is 26.2 Å². The minimum Gasteiger partial charge on any atom is -0.506 e. The summed E-state index contributed by atoms with van der Waals surface area (Å²) >= 11 is 0. The maximum absolute atomic E-state index is 10.1. The first-order chi connectivity index (χ1) is 15.2. The molecule has 1 aliphatic heterocycles. The van der Waals surface area contributed by atoms with Crippen LogP contribution in [0.5, 0.6) is 5.75 Å². The number of terminal acetylenes is 1. The molecule has 4 heteroatoms. The number of hydrogen-bond donors (Lipinski definition) is 1. The molecule has 0 aliphatic carbocycles. The Morgan fingerprint density at radius 3 is 2.61 bits per heavy atom. The molecule has 3 aromatic rings. The third-order valence-electron chi connectivity index (χ3n) is 6.27. The summed E-state index contributed by atoms with van der Waals surface area (Å²) in [5.74, 6) is 3.78. The number of piperidine rings is 1. The zero-order chi connectivity index (χ0) is 21.5. The number of pyridine rings is 1. The van der Waals surface area contributed by atoms with E-state index in [4.69, 9.17) is 6.42 Å². The molecule has 1 aromatic heterocycles. The highest BCUT2D eigenvalue weighted by atomic mass is 16.3. The van der Waals surface area contributed by atoms with Crippen LogP contribution in [0.4, 0.5) is 0 Å². The topological polar surface area (TPSA) is 39.6 Å². The zero-order valence-electron chi connectivity index (χ0n) is 18.1. The van der Waals surface area contributed by atoms with Crippen molar-refractivity contribution in [3.63, 3.8) is 0 Å². The van der Waals surface area contributed by atoms with Gasteiger partial charge >= 0.3 is 0 Å². The zero-order valence-corrected chi connectivity index (χ0v) is 18.1. The van der Waals surface area contributed by atoms with E-state index >= 15 is 0 Å². The van der Waals surface area contributed by atoms with Gasteiger partial charge in [-0.2, -0.15) is 0 Å². The summed E-state index contributed by atoms with van der Waals surface area (Å²) in [6, 6.07) is 20.3. The van der Waals surface area contributed by atoms with E-state index in [0.29, 0.717) is 18.6 Å². The second-order valence-corrected chi connectivity index (χ2v) is 8.56. The van der Waals surface area contributed by atoms with E-state index in [1.54, 1.807) is 6.07 Å². The van der Waals surface area contributed by atoms with Gasteiger partial charge in [-0.05, 0) is 62.5 Å². The highest BCUT2D eigenvalue weighted by molar-refractivity contribution is 5.84. The Labute approximate surface area is 185 Å². The summed E-state index contributed by atoms with van der Waals surface area (Å²) in [7, 11) is 0. The number of hydrogen-bond acceptors (Lipinski definition) is 4. The van der Waals surface area contributed by atoms with Crippen LogP contribution >= 0.6 is 0 Å². The fraction of sp³-hybridized carbons (Fsp3) is 0.370. The average molecular weight is 414 g/mol. The molecule has 1 aliphatic rings. The molecule has 0 amide bonds. The Morgan fingerprint density at radius 2 is 1.84 bits per heavy atom. The van der Waals surface area contributed by atoms with Gasteiger partial charge in [0.25, 0.3) is 0 Å². The summed E-state index contributed by atoms with van der Waals surface area (Å²) in [4.78, 5) is 9.54. The predicted molar refractivity (Wildman–Crippen MR) is 127 cm³/mol. The molecule has 0 unspecified atom stereocenters. The Kier molecular flexibility index (Phi) is 7.19. The molecule has 0 radical (unpaired) electrons. The molecule has 1 saturated heterocycles. The van der Waals surface area contributed by atoms with Gasteiger partial charge in [0.05, 0.1) is 12.2 Å². The normalized spacial score (nSPS) is 15.4. The quantitative estimate of drug-likeness (QED) is 0.545. The van der Waals surface area contributed by atoms with Crippen molar-refractivity contribution in [3.05, 3.63) is 71.9 Å². The van der Waals surface area contributed by atoms with Crippen LogP contribution in [-0.4, -0.2) is 46.1 Å². The third-order valence-corrected chi connectivity index (χ3v) is 6.27.